The van der Waals surface area contributed by atoms with E-state index in [1.807, 2.05) is 19.2 Å². The van der Waals surface area contributed by atoms with Gasteiger partial charge in [0.1, 0.15) is 5.82 Å². The first-order valence-electron chi connectivity index (χ1n) is 9.95. The van der Waals surface area contributed by atoms with Crippen LogP contribution in [0.4, 0.5) is 4.39 Å². The summed E-state index contributed by atoms with van der Waals surface area (Å²) in [7, 11) is 1.86. The summed E-state index contributed by atoms with van der Waals surface area (Å²) >= 11 is 5.94. The van der Waals surface area contributed by atoms with E-state index in [4.69, 9.17) is 11.6 Å². The molecule has 0 spiro atoms. The molecular weight excluding hydrogens is 375 g/mol. The topological polar surface area (TPSA) is 23.6 Å². The van der Waals surface area contributed by atoms with Crippen molar-refractivity contribution in [1.82, 2.24) is 9.80 Å². The SMILES string of the molecule is CN(CC1CCN(CCc2ccc(Cl)cc2)CC1)C(=O)Cc1cccc(F)c1. The summed E-state index contributed by atoms with van der Waals surface area (Å²) in [6.07, 6.45) is 3.51. The molecule has 2 aromatic rings. The predicted molar refractivity (Wildman–Crippen MR) is 112 cm³/mol. The van der Waals surface area contributed by atoms with Crippen molar-refractivity contribution >= 4 is 17.5 Å². The molecule has 1 aliphatic heterocycles. The number of rotatable bonds is 7. The molecule has 0 radical (unpaired) electrons. The van der Waals surface area contributed by atoms with Crippen molar-refractivity contribution in [2.24, 2.45) is 5.92 Å². The van der Waals surface area contributed by atoms with Gasteiger partial charge in [-0.05, 0) is 73.7 Å². The van der Waals surface area contributed by atoms with E-state index in [0.717, 1.165) is 56.0 Å². The number of nitrogens with zero attached hydrogens (tertiary/aromatic N) is 2. The lowest BCUT2D eigenvalue weighted by Crippen LogP contribution is -2.40. The van der Waals surface area contributed by atoms with Crippen molar-refractivity contribution in [2.75, 3.05) is 33.2 Å². The molecular formula is C23H28ClFN2O. The highest BCUT2D eigenvalue weighted by atomic mass is 35.5. The van der Waals surface area contributed by atoms with Crippen LogP contribution in [0.2, 0.25) is 5.02 Å². The second kappa shape index (κ2) is 10.0. The number of benzene rings is 2. The Morgan fingerprint density at radius 1 is 1.14 bits per heavy atom. The smallest absolute Gasteiger partial charge is 0.226 e. The quantitative estimate of drug-likeness (QED) is 0.683. The van der Waals surface area contributed by atoms with Gasteiger partial charge in [-0.15, -0.1) is 0 Å². The molecule has 1 heterocycles. The van der Waals surface area contributed by atoms with Crippen LogP contribution in [0, 0.1) is 11.7 Å². The van der Waals surface area contributed by atoms with Crippen LogP contribution < -0.4 is 0 Å². The van der Waals surface area contributed by atoms with Gasteiger partial charge in [0, 0.05) is 25.2 Å². The van der Waals surface area contributed by atoms with E-state index in [-0.39, 0.29) is 18.1 Å². The maximum Gasteiger partial charge on any atom is 0.226 e. The molecule has 1 amide bonds. The fourth-order valence-corrected chi connectivity index (χ4v) is 3.90. The number of likely N-dealkylation sites (tertiary alicyclic amines) is 1. The highest BCUT2D eigenvalue weighted by Crippen LogP contribution is 2.19. The molecule has 28 heavy (non-hydrogen) atoms. The molecule has 1 saturated heterocycles. The van der Waals surface area contributed by atoms with Crippen LogP contribution in [0.3, 0.4) is 0 Å². The van der Waals surface area contributed by atoms with Crippen LogP contribution in [0.25, 0.3) is 0 Å². The zero-order chi connectivity index (χ0) is 19.9. The fourth-order valence-electron chi connectivity index (χ4n) is 3.78. The van der Waals surface area contributed by atoms with E-state index in [2.05, 4.69) is 17.0 Å². The van der Waals surface area contributed by atoms with Crippen molar-refractivity contribution in [2.45, 2.75) is 25.7 Å². The molecule has 1 fully saturated rings. The number of halogens is 2. The zero-order valence-corrected chi connectivity index (χ0v) is 17.2. The highest BCUT2D eigenvalue weighted by molar-refractivity contribution is 6.30. The van der Waals surface area contributed by atoms with Gasteiger partial charge < -0.3 is 9.80 Å². The molecule has 150 valence electrons. The average Bonchev–Trinajstić information content (AvgIpc) is 2.68. The third-order valence-corrected chi connectivity index (χ3v) is 5.79. The minimum Gasteiger partial charge on any atom is -0.345 e. The van der Waals surface area contributed by atoms with E-state index in [9.17, 15) is 9.18 Å². The normalized spacial score (nSPS) is 15.5. The number of hydrogen-bond donors (Lipinski definition) is 0. The van der Waals surface area contributed by atoms with E-state index < -0.39 is 0 Å². The van der Waals surface area contributed by atoms with Crippen LogP contribution in [-0.2, 0) is 17.6 Å². The van der Waals surface area contributed by atoms with Crippen LogP contribution in [0.5, 0.6) is 0 Å². The molecule has 3 rings (SSSR count). The van der Waals surface area contributed by atoms with E-state index in [1.54, 1.807) is 17.0 Å². The lowest BCUT2D eigenvalue weighted by molar-refractivity contribution is -0.129. The Morgan fingerprint density at radius 3 is 2.54 bits per heavy atom. The van der Waals surface area contributed by atoms with Gasteiger partial charge in [0.05, 0.1) is 6.42 Å². The minimum absolute atomic E-state index is 0.0516. The average molecular weight is 403 g/mol. The Morgan fingerprint density at radius 2 is 1.86 bits per heavy atom. The Bertz CT molecular complexity index is 772. The van der Waals surface area contributed by atoms with E-state index in [0.29, 0.717) is 5.92 Å². The van der Waals surface area contributed by atoms with Gasteiger partial charge >= 0.3 is 0 Å². The summed E-state index contributed by atoms with van der Waals surface area (Å²) in [5.74, 6) is 0.294. The minimum atomic E-state index is -0.293. The van der Waals surface area contributed by atoms with Gasteiger partial charge in [-0.2, -0.15) is 0 Å². The molecule has 5 heteroatoms. The monoisotopic (exact) mass is 402 g/mol. The molecule has 0 aromatic heterocycles. The summed E-state index contributed by atoms with van der Waals surface area (Å²) in [6, 6.07) is 14.4. The van der Waals surface area contributed by atoms with Crippen LogP contribution in [-0.4, -0.2) is 48.9 Å². The maximum absolute atomic E-state index is 13.3. The first kappa shape index (κ1) is 20.8. The van der Waals surface area contributed by atoms with Crippen molar-refractivity contribution in [1.29, 1.82) is 0 Å². The second-order valence-corrected chi connectivity index (χ2v) is 8.18. The number of amides is 1. The second-order valence-electron chi connectivity index (χ2n) is 7.74. The van der Waals surface area contributed by atoms with E-state index >= 15 is 0 Å². The Kier molecular flexibility index (Phi) is 7.46. The number of carbonyl (C=O) groups excluding carboxylic acids is 1. The van der Waals surface area contributed by atoms with Crippen LogP contribution >= 0.6 is 11.6 Å². The number of hydrogen-bond acceptors (Lipinski definition) is 2. The summed E-state index contributed by atoms with van der Waals surface area (Å²) in [4.78, 5) is 16.7. The summed E-state index contributed by atoms with van der Waals surface area (Å²) < 4.78 is 13.3. The fraction of sp³-hybridized carbons (Fsp3) is 0.435. The molecule has 3 nitrogen and oxygen atoms in total. The van der Waals surface area contributed by atoms with Gasteiger partial charge in [0.2, 0.25) is 5.91 Å². The number of likely N-dealkylation sites (N-methyl/N-ethyl adjacent to an activating group) is 1. The molecule has 2 aromatic carbocycles. The van der Waals surface area contributed by atoms with Crippen molar-refractivity contribution in [3.05, 3.63) is 70.5 Å². The van der Waals surface area contributed by atoms with E-state index in [1.165, 1.54) is 17.7 Å². The largest absolute Gasteiger partial charge is 0.345 e. The Hall–Kier alpha value is -1.91. The van der Waals surface area contributed by atoms with Gasteiger partial charge in [0.25, 0.3) is 0 Å². The third kappa shape index (κ3) is 6.32. The number of carbonyl (C=O) groups is 1. The van der Waals surface area contributed by atoms with Gasteiger partial charge in [-0.25, -0.2) is 4.39 Å². The maximum atomic E-state index is 13.3. The molecule has 0 atom stereocenters. The zero-order valence-electron chi connectivity index (χ0n) is 16.4. The van der Waals surface area contributed by atoms with Gasteiger partial charge in [0.15, 0.2) is 0 Å². The van der Waals surface area contributed by atoms with Crippen molar-refractivity contribution < 1.29 is 9.18 Å². The van der Waals surface area contributed by atoms with Crippen LogP contribution in [0.15, 0.2) is 48.5 Å². The third-order valence-electron chi connectivity index (χ3n) is 5.54. The summed E-state index contributed by atoms with van der Waals surface area (Å²) in [5, 5.41) is 0.778. The molecule has 0 aliphatic carbocycles. The van der Waals surface area contributed by atoms with Crippen LogP contribution in [0.1, 0.15) is 24.0 Å². The first-order chi connectivity index (χ1) is 13.5. The summed E-state index contributed by atoms with van der Waals surface area (Å²) in [6.45, 7) is 3.98. The lowest BCUT2D eigenvalue weighted by atomic mass is 9.95. The predicted octanol–water partition coefficient (Wildman–Crippen LogP) is 4.43. The van der Waals surface area contributed by atoms with Crippen molar-refractivity contribution in [3.8, 4) is 0 Å². The van der Waals surface area contributed by atoms with Gasteiger partial charge in [-0.1, -0.05) is 35.9 Å². The summed E-state index contributed by atoms with van der Waals surface area (Å²) in [5.41, 5.74) is 2.04. The van der Waals surface area contributed by atoms with Gasteiger partial charge in [-0.3, -0.25) is 4.79 Å². The lowest BCUT2D eigenvalue weighted by Gasteiger charge is -2.34. The Labute approximate surface area is 172 Å². The molecule has 0 bridgehead atoms. The standard InChI is InChI=1S/C23H28ClFN2O/c1-26(23(28)16-20-3-2-4-22(25)15-20)17-19-10-13-27(14-11-19)12-9-18-5-7-21(24)8-6-18/h2-8,15,19H,9-14,16-17H2,1H3. The first-order valence-corrected chi connectivity index (χ1v) is 10.3. The molecule has 1 aliphatic rings. The molecule has 0 N–H and O–H groups in total. The number of piperidine rings is 1. The highest BCUT2D eigenvalue weighted by Gasteiger charge is 2.22. The van der Waals surface area contributed by atoms with Crippen molar-refractivity contribution in [3.63, 3.8) is 0 Å². The molecule has 0 unspecified atom stereocenters. The Balaban J connectivity index is 1.38. The molecule has 0 saturated carbocycles.